The molecule has 0 aliphatic carbocycles. The third kappa shape index (κ3) is 3.05. The molecule has 4 rings (SSSR count). The second-order valence-corrected chi connectivity index (χ2v) is 5.62. The summed E-state index contributed by atoms with van der Waals surface area (Å²) in [5.41, 5.74) is 2.72. The van der Waals surface area contributed by atoms with E-state index in [2.05, 4.69) is 11.4 Å². The molecule has 2 aliphatic rings. The highest BCUT2D eigenvalue weighted by Gasteiger charge is 2.23. The Bertz CT molecular complexity index is 751. The summed E-state index contributed by atoms with van der Waals surface area (Å²) < 4.78 is 11.1. The van der Waals surface area contributed by atoms with Crippen LogP contribution in [0, 0.1) is 0 Å². The molecule has 126 valence electrons. The third-order valence-corrected chi connectivity index (χ3v) is 4.14. The van der Waals surface area contributed by atoms with Crippen LogP contribution in [-0.4, -0.2) is 32.2 Å². The molecule has 6 heteroatoms. The number of rotatable bonds is 1. The molecule has 2 heterocycles. The molecular formula is C18H19ClN2O3. The van der Waals surface area contributed by atoms with E-state index in [0.717, 1.165) is 24.3 Å². The lowest BCUT2D eigenvalue weighted by Crippen LogP contribution is -2.34. The number of hydrogen-bond donors (Lipinski definition) is 1. The van der Waals surface area contributed by atoms with Crippen LogP contribution in [0.15, 0.2) is 42.5 Å². The Morgan fingerprint density at radius 3 is 2.71 bits per heavy atom. The monoisotopic (exact) mass is 346 g/mol. The lowest BCUT2D eigenvalue weighted by molar-refractivity contribution is 0.0986. The van der Waals surface area contributed by atoms with Gasteiger partial charge in [0, 0.05) is 30.9 Å². The smallest absolute Gasteiger partial charge is 0.258 e. The van der Waals surface area contributed by atoms with Crippen LogP contribution >= 0.6 is 12.4 Å². The van der Waals surface area contributed by atoms with Crippen molar-refractivity contribution in [1.82, 2.24) is 5.32 Å². The van der Waals surface area contributed by atoms with Crippen LogP contribution in [0.3, 0.4) is 0 Å². The van der Waals surface area contributed by atoms with Gasteiger partial charge in [-0.1, -0.05) is 18.2 Å². The molecule has 0 fully saturated rings. The van der Waals surface area contributed by atoms with Crippen molar-refractivity contribution >= 4 is 24.0 Å². The summed E-state index contributed by atoms with van der Waals surface area (Å²) in [4.78, 5) is 14.8. The van der Waals surface area contributed by atoms with Crippen LogP contribution in [-0.2, 0) is 6.54 Å². The van der Waals surface area contributed by atoms with Gasteiger partial charge in [0.15, 0.2) is 11.5 Å². The van der Waals surface area contributed by atoms with Crippen LogP contribution < -0.4 is 19.7 Å². The zero-order chi connectivity index (χ0) is 15.6. The molecule has 24 heavy (non-hydrogen) atoms. The van der Waals surface area contributed by atoms with Gasteiger partial charge in [0.2, 0.25) is 0 Å². The number of ether oxygens (including phenoxy) is 2. The normalized spacial score (nSPS) is 15.8. The summed E-state index contributed by atoms with van der Waals surface area (Å²) in [7, 11) is 0. The number of amides is 1. The Morgan fingerprint density at radius 1 is 1.04 bits per heavy atom. The van der Waals surface area contributed by atoms with Gasteiger partial charge in [-0.3, -0.25) is 4.79 Å². The van der Waals surface area contributed by atoms with Crippen LogP contribution in [0.25, 0.3) is 0 Å². The largest absolute Gasteiger partial charge is 0.486 e. The molecule has 5 nitrogen and oxygen atoms in total. The molecule has 0 spiro atoms. The summed E-state index contributed by atoms with van der Waals surface area (Å²) >= 11 is 0. The van der Waals surface area contributed by atoms with Gasteiger partial charge in [0.25, 0.3) is 5.91 Å². The van der Waals surface area contributed by atoms with E-state index in [1.165, 1.54) is 0 Å². The van der Waals surface area contributed by atoms with Gasteiger partial charge in [-0.05, 0) is 29.8 Å². The van der Waals surface area contributed by atoms with E-state index >= 15 is 0 Å². The number of nitrogens with zero attached hydrogens (tertiary/aromatic N) is 1. The zero-order valence-electron chi connectivity index (χ0n) is 13.2. The number of para-hydroxylation sites is 1. The summed E-state index contributed by atoms with van der Waals surface area (Å²) in [5, 5.41) is 3.35. The highest BCUT2D eigenvalue weighted by molar-refractivity contribution is 6.07. The molecule has 1 N–H and O–H groups in total. The van der Waals surface area contributed by atoms with Crippen molar-refractivity contribution in [2.45, 2.75) is 6.54 Å². The standard InChI is InChI=1S/C18H18N2O3.ClH/c21-18(13-5-6-16-17(11-13)23-10-9-22-16)20-8-7-19-12-14-3-1-2-4-15(14)20;/h1-6,11,19H,7-10,12H2;1H. The van der Waals surface area contributed by atoms with Crippen molar-refractivity contribution in [1.29, 1.82) is 0 Å². The quantitative estimate of drug-likeness (QED) is 0.862. The van der Waals surface area contributed by atoms with Crippen LogP contribution in [0.4, 0.5) is 5.69 Å². The molecular weight excluding hydrogens is 328 g/mol. The minimum Gasteiger partial charge on any atom is -0.486 e. The summed E-state index contributed by atoms with van der Waals surface area (Å²) in [5.74, 6) is 1.33. The lowest BCUT2D eigenvalue weighted by atomic mass is 10.1. The van der Waals surface area contributed by atoms with E-state index in [9.17, 15) is 4.79 Å². The van der Waals surface area contributed by atoms with Crippen LogP contribution in [0.2, 0.25) is 0 Å². The first-order chi connectivity index (χ1) is 11.3. The highest BCUT2D eigenvalue weighted by atomic mass is 35.5. The number of hydrogen-bond acceptors (Lipinski definition) is 4. The minimum atomic E-state index is -0.0156. The molecule has 2 aromatic rings. The van der Waals surface area contributed by atoms with Gasteiger partial charge in [-0.2, -0.15) is 0 Å². The molecule has 0 saturated heterocycles. The Morgan fingerprint density at radius 2 is 1.83 bits per heavy atom. The van der Waals surface area contributed by atoms with Crippen molar-refractivity contribution in [3.8, 4) is 11.5 Å². The van der Waals surface area contributed by atoms with Crippen molar-refractivity contribution < 1.29 is 14.3 Å². The Hall–Kier alpha value is -2.24. The van der Waals surface area contributed by atoms with Crippen molar-refractivity contribution in [3.63, 3.8) is 0 Å². The average molecular weight is 347 g/mol. The number of benzene rings is 2. The van der Waals surface area contributed by atoms with E-state index in [1.807, 2.05) is 29.2 Å². The Balaban J connectivity index is 0.00000169. The second kappa shape index (κ2) is 7.11. The molecule has 0 unspecified atom stereocenters. The second-order valence-electron chi connectivity index (χ2n) is 5.62. The molecule has 0 bridgehead atoms. The number of anilines is 1. The molecule has 2 aliphatic heterocycles. The molecule has 1 amide bonds. The van der Waals surface area contributed by atoms with E-state index < -0.39 is 0 Å². The SMILES string of the molecule is Cl.O=C(c1ccc2c(c1)OCCO2)N1CCNCc2ccccc21. The van der Waals surface area contributed by atoms with Crippen molar-refractivity contribution in [2.75, 3.05) is 31.2 Å². The maximum Gasteiger partial charge on any atom is 0.258 e. The molecule has 2 aromatic carbocycles. The Kier molecular flexibility index (Phi) is 4.92. The van der Waals surface area contributed by atoms with Gasteiger partial charge in [0.1, 0.15) is 13.2 Å². The molecule has 0 aromatic heterocycles. The average Bonchev–Trinajstić information content (AvgIpc) is 2.83. The first-order valence-electron chi connectivity index (χ1n) is 7.83. The predicted octanol–water partition coefficient (Wildman–Crippen LogP) is 2.63. The predicted molar refractivity (Wildman–Crippen MR) is 94.5 cm³/mol. The molecule has 0 atom stereocenters. The third-order valence-electron chi connectivity index (χ3n) is 4.14. The maximum absolute atomic E-state index is 13.0. The first-order valence-corrected chi connectivity index (χ1v) is 7.83. The number of nitrogens with one attached hydrogen (secondary N) is 1. The fourth-order valence-electron chi connectivity index (χ4n) is 3.00. The molecule has 0 radical (unpaired) electrons. The fourth-order valence-corrected chi connectivity index (χ4v) is 3.00. The van der Waals surface area contributed by atoms with Gasteiger partial charge >= 0.3 is 0 Å². The van der Waals surface area contributed by atoms with Gasteiger partial charge in [0.05, 0.1) is 0 Å². The van der Waals surface area contributed by atoms with Crippen molar-refractivity contribution in [2.24, 2.45) is 0 Å². The van der Waals surface area contributed by atoms with Crippen LogP contribution in [0.5, 0.6) is 11.5 Å². The van der Waals surface area contributed by atoms with E-state index in [0.29, 0.717) is 36.8 Å². The zero-order valence-corrected chi connectivity index (χ0v) is 14.0. The molecule has 0 saturated carbocycles. The van der Waals surface area contributed by atoms with E-state index in [1.54, 1.807) is 12.1 Å². The number of carbonyl (C=O) groups is 1. The van der Waals surface area contributed by atoms with E-state index in [-0.39, 0.29) is 18.3 Å². The lowest BCUT2D eigenvalue weighted by Gasteiger charge is -2.24. The van der Waals surface area contributed by atoms with Gasteiger partial charge < -0.3 is 19.7 Å². The topological polar surface area (TPSA) is 50.8 Å². The number of halogens is 1. The van der Waals surface area contributed by atoms with Gasteiger partial charge in [-0.15, -0.1) is 12.4 Å². The van der Waals surface area contributed by atoms with Crippen molar-refractivity contribution in [3.05, 3.63) is 53.6 Å². The van der Waals surface area contributed by atoms with Crippen LogP contribution in [0.1, 0.15) is 15.9 Å². The maximum atomic E-state index is 13.0. The fraction of sp³-hybridized carbons (Fsp3) is 0.278. The summed E-state index contributed by atoms with van der Waals surface area (Å²) in [6.45, 7) is 3.25. The van der Waals surface area contributed by atoms with E-state index in [4.69, 9.17) is 9.47 Å². The highest BCUT2D eigenvalue weighted by Crippen LogP contribution is 2.32. The number of carbonyl (C=O) groups excluding carboxylic acids is 1. The Labute approximate surface area is 147 Å². The summed E-state index contributed by atoms with van der Waals surface area (Å²) in [6.07, 6.45) is 0. The summed E-state index contributed by atoms with van der Waals surface area (Å²) in [6, 6.07) is 13.4. The minimum absolute atomic E-state index is 0. The first kappa shape index (κ1) is 16.6. The van der Waals surface area contributed by atoms with Gasteiger partial charge in [-0.25, -0.2) is 0 Å². The number of fused-ring (bicyclic) bond motifs is 2.